The Kier molecular flexibility index (Phi) is 4.43. The Bertz CT molecular complexity index is 703. The van der Waals surface area contributed by atoms with Gasteiger partial charge in [-0.15, -0.1) is 0 Å². The smallest absolute Gasteiger partial charge is 0.330 e. The molecule has 0 aliphatic carbocycles. The highest BCUT2D eigenvalue weighted by Gasteiger charge is 2.15. The third kappa shape index (κ3) is 3.14. The van der Waals surface area contributed by atoms with E-state index >= 15 is 0 Å². The van der Waals surface area contributed by atoms with E-state index in [1.165, 1.54) is 11.7 Å². The first-order chi connectivity index (χ1) is 10.0. The fourth-order valence-electron chi connectivity index (χ4n) is 1.93. The Morgan fingerprint density at radius 3 is 2.90 bits per heavy atom. The van der Waals surface area contributed by atoms with Gasteiger partial charge in [-0.3, -0.25) is 19.4 Å². The Hall–Kier alpha value is -2.55. The predicted molar refractivity (Wildman–Crippen MR) is 78.2 cm³/mol. The average Bonchev–Trinajstić information content (AvgIpc) is 2.97. The van der Waals surface area contributed by atoms with Gasteiger partial charge in [0.05, 0.1) is 25.4 Å². The van der Waals surface area contributed by atoms with Crippen molar-refractivity contribution in [3.8, 4) is 0 Å². The van der Waals surface area contributed by atoms with E-state index in [4.69, 9.17) is 10.5 Å². The maximum Gasteiger partial charge on any atom is 0.330 e. The van der Waals surface area contributed by atoms with Crippen LogP contribution in [0.3, 0.4) is 0 Å². The van der Waals surface area contributed by atoms with Gasteiger partial charge < -0.3 is 15.8 Å². The molecule has 0 radical (unpaired) electrons. The molecule has 2 aromatic rings. The van der Waals surface area contributed by atoms with Gasteiger partial charge in [-0.05, 0) is 6.92 Å². The zero-order valence-corrected chi connectivity index (χ0v) is 11.8. The van der Waals surface area contributed by atoms with Gasteiger partial charge in [0.1, 0.15) is 11.5 Å². The Balaban J connectivity index is 2.34. The number of rotatable bonds is 6. The molecule has 114 valence electrons. The van der Waals surface area contributed by atoms with Gasteiger partial charge in [0.15, 0.2) is 0 Å². The van der Waals surface area contributed by atoms with Crippen LogP contribution in [0.1, 0.15) is 18.5 Å². The molecule has 1 unspecified atom stereocenters. The molecule has 2 rings (SSSR count). The number of methoxy groups -OCH3 is 1. The maximum absolute atomic E-state index is 11.9. The summed E-state index contributed by atoms with van der Waals surface area (Å²) in [5, 5.41) is 9.54. The topological polar surface area (TPSA) is 131 Å². The average molecular weight is 294 g/mol. The van der Waals surface area contributed by atoms with Crippen LogP contribution in [-0.2, 0) is 11.3 Å². The summed E-state index contributed by atoms with van der Waals surface area (Å²) >= 11 is 0. The second-order valence-electron chi connectivity index (χ2n) is 4.56. The van der Waals surface area contributed by atoms with Crippen LogP contribution in [0, 0.1) is 0 Å². The minimum absolute atomic E-state index is 0.0798. The van der Waals surface area contributed by atoms with Crippen molar-refractivity contribution in [1.29, 1.82) is 0 Å². The first-order valence-corrected chi connectivity index (χ1v) is 6.41. The van der Waals surface area contributed by atoms with E-state index < -0.39 is 11.2 Å². The highest BCUT2D eigenvalue weighted by molar-refractivity contribution is 5.61. The highest BCUT2D eigenvalue weighted by Crippen LogP contribution is 2.18. The molecular formula is C12H18N6O3. The molecule has 0 aromatic carbocycles. The Labute approximate surface area is 120 Å². The summed E-state index contributed by atoms with van der Waals surface area (Å²) in [6.07, 6.45) is 3.35. The van der Waals surface area contributed by atoms with Gasteiger partial charge in [-0.2, -0.15) is 5.10 Å². The van der Waals surface area contributed by atoms with E-state index in [9.17, 15) is 9.59 Å². The first kappa shape index (κ1) is 14.9. The number of nitrogens with two attached hydrogens (primary N) is 1. The zero-order chi connectivity index (χ0) is 15.4. The molecule has 21 heavy (non-hydrogen) atoms. The summed E-state index contributed by atoms with van der Waals surface area (Å²) in [7, 11) is 1.52. The Morgan fingerprint density at radius 2 is 2.29 bits per heavy atom. The number of nitrogens with zero attached hydrogens (tertiary/aromatic N) is 2. The minimum atomic E-state index is -0.559. The molecule has 0 amide bonds. The fourth-order valence-corrected chi connectivity index (χ4v) is 1.93. The van der Waals surface area contributed by atoms with Crippen molar-refractivity contribution in [2.45, 2.75) is 19.5 Å². The molecule has 1 atom stereocenters. The van der Waals surface area contributed by atoms with Crippen LogP contribution < -0.4 is 22.3 Å². The van der Waals surface area contributed by atoms with Crippen LogP contribution in [0.4, 0.5) is 11.5 Å². The molecular weight excluding hydrogens is 276 g/mol. The number of hydrogen-bond acceptors (Lipinski definition) is 6. The lowest BCUT2D eigenvalue weighted by Gasteiger charge is -2.17. The summed E-state index contributed by atoms with van der Waals surface area (Å²) in [6, 6.07) is -0.194. The van der Waals surface area contributed by atoms with Gasteiger partial charge >= 0.3 is 5.69 Å². The number of aromatic nitrogens is 4. The van der Waals surface area contributed by atoms with Crippen LogP contribution in [0.25, 0.3) is 0 Å². The molecule has 0 aliphatic rings. The molecule has 0 aliphatic heterocycles. The zero-order valence-electron chi connectivity index (χ0n) is 11.8. The first-order valence-electron chi connectivity index (χ1n) is 6.41. The van der Waals surface area contributed by atoms with Gasteiger partial charge in [0.25, 0.3) is 5.56 Å². The lowest BCUT2D eigenvalue weighted by atomic mass is 10.2. The third-order valence-corrected chi connectivity index (χ3v) is 3.14. The van der Waals surface area contributed by atoms with E-state index in [-0.39, 0.29) is 24.1 Å². The molecule has 0 fully saturated rings. The monoisotopic (exact) mass is 294 g/mol. The van der Waals surface area contributed by atoms with E-state index in [1.54, 1.807) is 12.4 Å². The van der Waals surface area contributed by atoms with E-state index in [2.05, 4.69) is 20.5 Å². The third-order valence-electron chi connectivity index (χ3n) is 3.14. The molecule has 2 aromatic heterocycles. The summed E-state index contributed by atoms with van der Waals surface area (Å²) in [5.41, 5.74) is 5.83. The van der Waals surface area contributed by atoms with E-state index in [0.29, 0.717) is 6.61 Å². The molecule has 0 saturated carbocycles. The standard InChI is InChI=1S/C12H18N6O3/c1-7(8-5-14-15-6-8)16-9-10(13)18(3-4-21-2)12(20)17-11(9)19/h5-7,16H,3-4,13H2,1-2H3,(H,14,15)(H,17,19,20). The largest absolute Gasteiger partial charge is 0.383 e. The van der Waals surface area contributed by atoms with Crippen LogP contribution >= 0.6 is 0 Å². The van der Waals surface area contributed by atoms with Crippen LogP contribution in [0.5, 0.6) is 0 Å². The van der Waals surface area contributed by atoms with Crippen LogP contribution in [0.15, 0.2) is 22.0 Å². The van der Waals surface area contributed by atoms with Crippen LogP contribution in [-0.4, -0.2) is 33.5 Å². The normalized spacial score (nSPS) is 12.3. The molecule has 0 saturated heterocycles. The number of hydrogen-bond donors (Lipinski definition) is 4. The molecule has 0 spiro atoms. The van der Waals surface area contributed by atoms with Crippen molar-refractivity contribution in [3.05, 3.63) is 38.8 Å². The summed E-state index contributed by atoms with van der Waals surface area (Å²) in [5.74, 6) is 0.0798. The van der Waals surface area contributed by atoms with Gasteiger partial charge in [0, 0.05) is 18.9 Å². The van der Waals surface area contributed by atoms with Crippen LogP contribution in [0.2, 0.25) is 0 Å². The SMILES string of the molecule is COCCn1c(N)c(NC(C)c2cn[nH]c2)c(=O)[nH]c1=O. The molecule has 5 N–H and O–H groups in total. The minimum Gasteiger partial charge on any atom is -0.383 e. The number of H-pyrrole nitrogens is 2. The van der Waals surface area contributed by atoms with Crippen molar-refractivity contribution in [2.75, 3.05) is 24.8 Å². The molecule has 2 heterocycles. The van der Waals surface area contributed by atoms with Gasteiger partial charge in [0.2, 0.25) is 0 Å². The number of aromatic amines is 2. The van der Waals surface area contributed by atoms with E-state index in [0.717, 1.165) is 5.56 Å². The van der Waals surface area contributed by atoms with E-state index in [1.807, 2.05) is 6.92 Å². The highest BCUT2D eigenvalue weighted by atomic mass is 16.5. The lowest BCUT2D eigenvalue weighted by Crippen LogP contribution is -2.35. The molecule has 0 bridgehead atoms. The molecule has 9 nitrogen and oxygen atoms in total. The van der Waals surface area contributed by atoms with Crippen molar-refractivity contribution in [2.24, 2.45) is 0 Å². The second kappa shape index (κ2) is 6.27. The summed E-state index contributed by atoms with van der Waals surface area (Å²) in [6.45, 7) is 2.42. The van der Waals surface area contributed by atoms with Crippen molar-refractivity contribution in [3.63, 3.8) is 0 Å². The van der Waals surface area contributed by atoms with Gasteiger partial charge in [-0.1, -0.05) is 0 Å². The quantitative estimate of drug-likeness (QED) is 0.576. The van der Waals surface area contributed by atoms with Crippen molar-refractivity contribution < 1.29 is 4.74 Å². The summed E-state index contributed by atoms with van der Waals surface area (Å²) in [4.78, 5) is 25.9. The number of nitrogen functional groups attached to an aromatic ring is 1. The predicted octanol–water partition coefficient (Wildman–Crippen LogP) is -0.339. The summed E-state index contributed by atoms with van der Waals surface area (Å²) < 4.78 is 6.19. The second-order valence-corrected chi connectivity index (χ2v) is 4.56. The lowest BCUT2D eigenvalue weighted by molar-refractivity contribution is 0.186. The maximum atomic E-state index is 11.9. The number of ether oxygens (including phenoxy) is 1. The van der Waals surface area contributed by atoms with Crippen molar-refractivity contribution in [1.82, 2.24) is 19.7 Å². The Morgan fingerprint density at radius 1 is 1.52 bits per heavy atom. The van der Waals surface area contributed by atoms with Crippen molar-refractivity contribution >= 4 is 11.5 Å². The number of nitrogens with one attached hydrogen (secondary N) is 3. The fraction of sp³-hybridized carbons (Fsp3) is 0.417. The number of anilines is 2. The molecule has 9 heteroatoms. The van der Waals surface area contributed by atoms with Gasteiger partial charge in [-0.25, -0.2) is 4.79 Å².